The van der Waals surface area contributed by atoms with Crippen LogP contribution in [0.5, 0.6) is 0 Å². The molecule has 2 aromatic rings. The molecule has 1 atom stereocenters. The number of nitrogens with zero attached hydrogens (tertiary/aromatic N) is 2. The fourth-order valence-corrected chi connectivity index (χ4v) is 4.00. The van der Waals surface area contributed by atoms with Crippen LogP contribution in [0.1, 0.15) is 68.0 Å². The van der Waals surface area contributed by atoms with Gasteiger partial charge in [-0.3, -0.25) is 4.79 Å². The molecule has 2 heterocycles. The minimum Gasteiger partial charge on any atom is -0.478 e. The average Bonchev–Trinajstić information content (AvgIpc) is 2.89. The molecule has 128 valence electrons. The van der Waals surface area contributed by atoms with Gasteiger partial charge in [-0.2, -0.15) is 0 Å². The lowest BCUT2D eigenvalue weighted by molar-refractivity contribution is -0.121. The minimum atomic E-state index is -0.888. The summed E-state index contributed by atoms with van der Waals surface area (Å²) < 4.78 is 2.13. The molecular weight excluding hydrogens is 304 g/mol. The van der Waals surface area contributed by atoms with Crippen LogP contribution >= 0.6 is 0 Å². The average molecular weight is 328 g/mol. The summed E-state index contributed by atoms with van der Waals surface area (Å²) in [6, 6.07) is 3.78. The molecule has 5 heteroatoms. The van der Waals surface area contributed by atoms with E-state index in [0.717, 1.165) is 30.6 Å². The topological polar surface area (TPSA) is 72.2 Å². The predicted molar refractivity (Wildman–Crippen MR) is 92.4 cm³/mol. The van der Waals surface area contributed by atoms with Gasteiger partial charge in [0.1, 0.15) is 11.4 Å². The van der Waals surface area contributed by atoms with Gasteiger partial charge >= 0.3 is 5.97 Å². The molecule has 1 saturated carbocycles. The van der Waals surface area contributed by atoms with Gasteiger partial charge in [-0.05, 0) is 44.2 Å². The summed E-state index contributed by atoms with van der Waals surface area (Å²) in [5.41, 5.74) is 2.00. The summed E-state index contributed by atoms with van der Waals surface area (Å²) in [5.74, 6) is -0.160. The maximum absolute atomic E-state index is 11.9. The minimum absolute atomic E-state index is 0.144. The molecular formula is C19H24N2O3. The molecule has 0 radical (unpaired) electrons. The second-order valence-corrected chi connectivity index (χ2v) is 6.74. The number of ketones is 1. The van der Waals surface area contributed by atoms with Crippen LogP contribution in [-0.2, 0) is 11.2 Å². The van der Waals surface area contributed by atoms with Crippen LogP contribution in [0.3, 0.4) is 0 Å². The molecule has 24 heavy (non-hydrogen) atoms. The van der Waals surface area contributed by atoms with Crippen LogP contribution in [-0.4, -0.2) is 26.4 Å². The Labute approximate surface area is 141 Å². The molecule has 0 aromatic carbocycles. The Morgan fingerprint density at radius 3 is 2.75 bits per heavy atom. The first-order chi connectivity index (χ1) is 11.5. The highest BCUT2D eigenvalue weighted by Gasteiger charge is 2.30. The van der Waals surface area contributed by atoms with Crippen molar-refractivity contribution in [1.29, 1.82) is 0 Å². The van der Waals surface area contributed by atoms with E-state index in [9.17, 15) is 14.7 Å². The summed E-state index contributed by atoms with van der Waals surface area (Å²) in [6.45, 7) is 4.20. The normalized spacial score (nSPS) is 17.3. The van der Waals surface area contributed by atoms with Crippen molar-refractivity contribution in [2.45, 2.75) is 58.4 Å². The molecule has 0 spiro atoms. The van der Waals surface area contributed by atoms with E-state index in [4.69, 9.17) is 0 Å². The summed E-state index contributed by atoms with van der Waals surface area (Å²) in [4.78, 5) is 27.9. The number of carbonyl (C=O) groups is 2. The van der Waals surface area contributed by atoms with Crippen molar-refractivity contribution in [3.8, 4) is 0 Å². The SMILES string of the molecule is CCCc1c(C(=O)O)c2cccnc2n1C(C)C1CCC(=O)CC1. The molecule has 0 aliphatic heterocycles. The Kier molecular flexibility index (Phi) is 4.69. The molecule has 0 bridgehead atoms. The summed E-state index contributed by atoms with van der Waals surface area (Å²) in [5, 5.41) is 10.5. The first-order valence-corrected chi connectivity index (χ1v) is 8.77. The number of hydrogen-bond donors (Lipinski definition) is 1. The number of hydrogen-bond acceptors (Lipinski definition) is 3. The molecule has 1 aliphatic carbocycles. The number of fused-ring (bicyclic) bond motifs is 1. The van der Waals surface area contributed by atoms with Crippen LogP contribution in [0.25, 0.3) is 11.0 Å². The Balaban J connectivity index is 2.13. The standard InChI is InChI=1S/C19H24N2O3/c1-3-5-16-17(19(23)24)15-6-4-11-20-18(15)21(16)12(2)13-7-9-14(22)10-8-13/h4,6,11-13H,3,5,7-10H2,1-2H3,(H,23,24). The highest BCUT2D eigenvalue weighted by Crippen LogP contribution is 2.37. The first-order valence-electron chi connectivity index (χ1n) is 8.77. The fourth-order valence-electron chi connectivity index (χ4n) is 4.00. The van der Waals surface area contributed by atoms with E-state index in [1.165, 1.54) is 0 Å². The van der Waals surface area contributed by atoms with Crippen molar-refractivity contribution in [3.63, 3.8) is 0 Å². The summed E-state index contributed by atoms with van der Waals surface area (Å²) >= 11 is 0. The third kappa shape index (κ3) is 2.83. The van der Waals surface area contributed by atoms with Gasteiger partial charge in [0.25, 0.3) is 0 Å². The highest BCUT2D eigenvalue weighted by atomic mass is 16.4. The van der Waals surface area contributed by atoms with Crippen LogP contribution in [0.2, 0.25) is 0 Å². The van der Waals surface area contributed by atoms with Crippen molar-refractivity contribution in [2.24, 2.45) is 5.92 Å². The maximum atomic E-state index is 11.9. The fraction of sp³-hybridized carbons (Fsp3) is 0.526. The molecule has 2 aromatic heterocycles. The van der Waals surface area contributed by atoms with Gasteiger partial charge in [0, 0.05) is 36.2 Å². The second-order valence-electron chi connectivity index (χ2n) is 6.74. The van der Waals surface area contributed by atoms with Crippen molar-refractivity contribution in [2.75, 3.05) is 0 Å². The lowest BCUT2D eigenvalue weighted by atomic mass is 9.83. The summed E-state index contributed by atoms with van der Waals surface area (Å²) in [7, 11) is 0. The Hall–Kier alpha value is -2.17. The number of rotatable bonds is 5. The smallest absolute Gasteiger partial charge is 0.338 e. The highest BCUT2D eigenvalue weighted by molar-refractivity contribution is 6.04. The van der Waals surface area contributed by atoms with E-state index in [1.807, 2.05) is 6.07 Å². The van der Waals surface area contributed by atoms with Crippen molar-refractivity contribution in [3.05, 3.63) is 29.6 Å². The number of Topliss-reactive ketones (excluding diaryl/α,β-unsaturated/α-hetero) is 1. The number of carboxylic acid groups (broad SMARTS) is 1. The third-order valence-electron chi connectivity index (χ3n) is 5.24. The second kappa shape index (κ2) is 6.75. The van der Waals surface area contributed by atoms with Crippen LogP contribution in [0.4, 0.5) is 0 Å². The predicted octanol–water partition coefficient (Wildman–Crippen LogP) is 4.01. The third-order valence-corrected chi connectivity index (χ3v) is 5.24. The molecule has 1 N–H and O–H groups in total. The molecule has 0 amide bonds. The Morgan fingerprint density at radius 1 is 1.42 bits per heavy atom. The molecule has 1 aliphatic rings. The number of aromatic nitrogens is 2. The number of aromatic carboxylic acids is 1. The van der Waals surface area contributed by atoms with Crippen molar-refractivity contribution < 1.29 is 14.7 Å². The van der Waals surface area contributed by atoms with Crippen LogP contribution in [0, 0.1) is 5.92 Å². The van der Waals surface area contributed by atoms with E-state index < -0.39 is 5.97 Å². The van der Waals surface area contributed by atoms with Gasteiger partial charge in [0.2, 0.25) is 0 Å². The molecule has 5 nitrogen and oxygen atoms in total. The van der Waals surface area contributed by atoms with E-state index in [1.54, 1.807) is 12.3 Å². The van der Waals surface area contributed by atoms with E-state index in [-0.39, 0.29) is 6.04 Å². The van der Waals surface area contributed by atoms with E-state index in [0.29, 0.717) is 41.9 Å². The Morgan fingerprint density at radius 2 is 2.12 bits per heavy atom. The lowest BCUT2D eigenvalue weighted by Crippen LogP contribution is -2.24. The summed E-state index contributed by atoms with van der Waals surface area (Å²) in [6.07, 6.45) is 6.34. The van der Waals surface area contributed by atoms with Crippen molar-refractivity contribution in [1.82, 2.24) is 9.55 Å². The monoisotopic (exact) mass is 328 g/mol. The molecule has 1 fully saturated rings. The van der Waals surface area contributed by atoms with Gasteiger partial charge in [-0.1, -0.05) is 13.3 Å². The van der Waals surface area contributed by atoms with Crippen LogP contribution in [0.15, 0.2) is 18.3 Å². The zero-order valence-electron chi connectivity index (χ0n) is 14.3. The van der Waals surface area contributed by atoms with Crippen molar-refractivity contribution >= 4 is 22.8 Å². The first kappa shape index (κ1) is 16.7. The quantitative estimate of drug-likeness (QED) is 0.900. The van der Waals surface area contributed by atoms with Crippen LogP contribution < -0.4 is 0 Å². The zero-order chi connectivity index (χ0) is 17.3. The molecule has 0 saturated heterocycles. The number of carboxylic acids is 1. The number of pyridine rings is 1. The van der Waals surface area contributed by atoms with Gasteiger partial charge in [0.05, 0.1) is 5.56 Å². The van der Waals surface area contributed by atoms with Gasteiger partial charge in [-0.15, -0.1) is 0 Å². The molecule has 1 unspecified atom stereocenters. The van der Waals surface area contributed by atoms with E-state index >= 15 is 0 Å². The largest absolute Gasteiger partial charge is 0.478 e. The maximum Gasteiger partial charge on any atom is 0.338 e. The zero-order valence-corrected chi connectivity index (χ0v) is 14.3. The van der Waals surface area contributed by atoms with Gasteiger partial charge in [-0.25, -0.2) is 9.78 Å². The number of carbonyl (C=O) groups excluding carboxylic acids is 1. The lowest BCUT2D eigenvalue weighted by Gasteiger charge is -2.30. The Bertz CT molecular complexity index is 768. The van der Waals surface area contributed by atoms with E-state index in [2.05, 4.69) is 23.4 Å². The molecule has 3 rings (SSSR count). The van der Waals surface area contributed by atoms with Gasteiger partial charge < -0.3 is 9.67 Å². The van der Waals surface area contributed by atoms with Gasteiger partial charge in [0.15, 0.2) is 0 Å².